The number of rotatable bonds is 3. The molecule has 0 heterocycles. The first-order valence-electron chi connectivity index (χ1n) is 8.98. The Morgan fingerprint density at radius 1 is 1.14 bits per heavy atom. The van der Waals surface area contributed by atoms with Gasteiger partial charge in [-0.2, -0.15) is 0 Å². The van der Waals surface area contributed by atoms with Gasteiger partial charge in [-0.25, -0.2) is 4.79 Å². The van der Waals surface area contributed by atoms with Crippen LogP contribution in [0.4, 0.5) is 0 Å². The molecular weight excluding hydrogens is 272 g/mol. The van der Waals surface area contributed by atoms with Crippen LogP contribution in [-0.2, 0) is 9.53 Å². The lowest BCUT2D eigenvalue weighted by atomic mass is 9.65. The van der Waals surface area contributed by atoms with E-state index in [9.17, 15) is 4.79 Å². The van der Waals surface area contributed by atoms with Crippen molar-refractivity contribution >= 4 is 5.97 Å². The lowest BCUT2D eigenvalue weighted by Crippen LogP contribution is -2.39. The molecule has 4 bridgehead atoms. The van der Waals surface area contributed by atoms with E-state index in [1.165, 1.54) is 32.1 Å². The van der Waals surface area contributed by atoms with Crippen LogP contribution >= 0.6 is 0 Å². The molecule has 0 amide bonds. The fourth-order valence-electron chi connectivity index (χ4n) is 6.65. The molecule has 0 radical (unpaired) electrons. The van der Waals surface area contributed by atoms with Crippen LogP contribution in [0.1, 0.15) is 45.4 Å². The predicted molar refractivity (Wildman–Crippen MR) is 85.7 cm³/mol. The average molecular weight is 298 g/mol. The maximum Gasteiger partial charge on any atom is 0.346 e. The zero-order chi connectivity index (χ0) is 15.4. The Bertz CT molecular complexity index is 542. The molecule has 8 unspecified atom stereocenters. The van der Waals surface area contributed by atoms with Crippen LogP contribution in [0.3, 0.4) is 0 Å². The van der Waals surface area contributed by atoms with Gasteiger partial charge in [-0.3, -0.25) is 0 Å². The number of hydrogen-bond acceptors (Lipinski definition) is 2. The Hall–Kier alpha value is -1.23. The predicted octanol–water partition coefficient (Wildman–Crippen LogP) is 3.82. The van der Waals surface area contributed by atoms with Crippen LogP contribution in [0.25, 0.3) is 0 Å². The zero-order valence-electron chi connectivity index (χ0n) is 13.5. The third-order valence-corrected chi connectivity index (χ3v) is 7.38. The number of hydrogen-bond donors (Lipinski definition) is 0. The molecule has 4 fully saturated rings. The van der Waals surface area contributed by atoms with Gasteiger partial charge in [-0.05, 0) is 73.5 Å². The van der Waals surface area contributed by atoms with E-state index in [4.69, 9.17) is 11.2 Å². The van der Waals surface area contributed by atoms with Crippen molar-refractivity contribution in [2.45, 2.75) is 51.6 Å². The average Bonchev–Trinajstić information content (AvgIpc) is 3.18. The number of esters is 1. The minimum absolute atomic E-state index is 0.0985. The van der Waals surface area contributed by atoms with Gasteiger partial charge in [0.25, 0.3) is 0 Å². The summed E-state index contributed by atoms with van der Waals surface area (Å²) in [6.07, 6.45) is 13.3. The first-order chi connectivity index (χ1) is 10.6. The van der Waals surface area contributed by atoms with E-state index >= 15 is 0 Å². The molecule has 0 aromatic heterocycles. The highest BCUT2D eigenvalue weighted by Crippen LogP contribution is 2.65. The largest absolute Gasteiger partial charge is 0.458 e. The normalized spacial score (nSPS) is 47.8. The number of ether oxygens (including phenoxy) is 1. The van der Waals surface area contributed by atoms with E-state index in [2.05, 4.69) is 19.4 Å². The van der Waals surface area contributed by atoms with Gasteiger partial charge in [0.1, 0.15) is 11.7 Å². The molecule has 4 aliphatic rings. The molecule has 0 aromatic rings. The molecule has 2 heteroatoms. The minimum Gasteiger partial charge on any atom is -0.458 e. The summed E-state index contributed by atoms with van der Waals surface area (Å²) < 4.78 is 5.71. The Kier molecular flexibility index (Phi) is 3.36. The summed E-state index contributed by atoms with van der Waals surface area (Å²) in [6.45, 7) is 5.96. The fourth-order valence-corrected chi connectivity index (χ4v) is 6.65. The molecule has 0 N–H and O–H groups in total. The summed E-state index contributed by atoms with van der Waals surface area (Å²) in [7, 11) is 0. The van der Waals surface area contributed by atoms with Crippen LogP contribution < -0.4 is 0 Å². The second-order valence-electron chi connectivity index (χ2n) is 8.10. The van der Waals surface area contributed by atoms with Crippen LogP contribution in [0.5, 0.6) is 0 Å². The molecule has 22 heavy (non-hydrogen) atoms. The Morgan fingerprint density at radius 2 is 1.86 bits per heavy atom. The van der Waals surface area contributed by atoms with Gasteiger partial charge < -0.3 is 4.74 Å². The maximum absolute atomic E-state index is 11.9. The van der Waals surface area contributed by atoms with Crippen LogP contribution in [0.15, 0.2) is 12.2 Å². The van der Waals surface area contributed by atoms with Crippen molar-refractivity contribution in [3.8, 4) is 12.3 Å². The van der Waals surface area contributed by atoms with Crippen LogP contribution in [-0.4, -0.2) is 12.1 Å². The van der Waals surface area contributed by atoms with Crippen molar-refractivity contribution in [1.82, 2.24) is 0 Å². The van der Waals surface area contributed by atoms with E-state index in [0.29, 0.717) is 5.92 Å². The first-order valence-corrected chi connectivity index (χ1v) is 8.98. The number of fused-ring (bicyclic) bond motifs is 8. The van der Waals surface area contributed by atoms with E-state index < -0.39 is 0 Å². The van der Waals surface area contributed by atoms with Crippen molar-refractivity contribution in [3.63, 3.8) is 0 Å². The molecular formula is C20H26O2. The van der Waals surface area contributed by atoms with E-state index in [1.54, 1.807) is 0 Å². The molecule has 4 aliphatic carbocycles. The lowest BCUT2D eigenvalue weighted by molar-refractivity contribution is -0.149. The molecule has 0 aliphatic heterocycles. The van der Waals surface area contributed by atoms with Crippen LogP contribution in [0, 0.1) is 53.8 Å². The SMILES string of the molecule is C#CC(=C)C(=O)OC1CC2CC1C1CC3CC(CC3CC)C21. The van der Waals surface area contributed by atoms with Gasteiger partial charge in [-0.1, -0.05) is 25.8 Å². The van der Waals surface area contributed by atoms with Crippen molar-refractivity contribution in [1.29, 1.82) is 0 Å². The lowest BCUT2D eigenvalue weighted by Gasteiger charge is -2.42. The number of carbonyl (C=O) groups is 1. The molecule has 2 nitrogen and oxygen atoms in total. The monoisotopic (exact) mass is 298 g/mol. The molecule has 118 valence electrons. The van der Waals surface area contributed by atoms with Crippen molar-refractivity contribution < 1.29 is 9.53 Å². The summed E-state index contributed by atoms with van der Waals surface area (Å²) >= 11 is 0. The summed E-state index contributed by atoms with van der Waals surface area (Å²) in [5.41, 5.74) is 0.161. The van der Waals surface area contributed by atoms with Gasteiger partial charge in [0, 0.05) is 0 Å². The van der Waals surface area contributed by atoms with Crippen molar-refractivity contribution in [2.75, 3.05) is 0 Å². The van der Waals surface area contributed by atoms with E-state index in [-0.39, 0.29) is 17.6 Å². The molecule has 0 spiro atoms. The third kappa shape index (κ3) is 1.98. The van der Waals surface area contributed by atoms with Gasteiger partial charge in [-0.15, -0.1) is 6.42 Å². The van der Waals surface area contributed by atoms with Crippen LogP contribution in [0.2, 0.25) is 0 Å². The molecule has 4 saturated carbocycles. The van der Waals surface area contributed by atoms with Gasteiger partial charge in [0.15, 0.2) is 0 Å². The molecule has 0 saturated heterocycles. The topological polar surface area (TPSA) is 26.3 Å². The fraction of sp³-hybridized carbons (Fsp3) is 0.750. The summed E-state index contributed by atoms with van der Waals surface area (Å²) in [5.74, 6) is 7.88. The minimum atomic E-state index is -0.373. The number of terminal acetylenes is 1. The van der Waals surface area contributed by atoms with Gasteiger partial charge in [0.05, 0.1) is 0 Å². The summed E-state index contributed by atoms with van der Waals surface area (Å²) in [5, 5.41) is 0. The Labute approximate surface area is 133 Å². The highest BCUT2D eigenvalue weighted by Gasteiger charge is 2.60. The highest BCUT2D eigenvalue weighted by atomic mass is 16.5. The summed E-state index contributed by atoms with van der Waals surface area (Å²) in [4.78, 5) is 11.9. The standard InChI is InChI=1S/C20H26O2/c1-4-11(3)20(21)22-18-10-15-9-16(18)17-8-13-7-14(19(15)17)6-12(13)5-2/h1,12-19H,3,5-10H2,2H3. The second-order valence-corrected chi connectivity index (χ2v) is 8.10. The molecule has 4 rings (SSSR count). The smallest absolute Gasteiger partial charge is 0.346 e. The quantitative estimate of drug-likeness (QED) is 0.450. The van der Waals surface area contributed by atoms with Crippen molar-refractivity contribution in [3.05, 3.63) is 12.2 Å². The second kappa shape index (κ2) is 5.15. The van der Waals surface area contributed by atoms with Crippen molar-refractivity contribution in [2.24, 2.45) is 41.4 Å². The number of carbonyl (C=O) groups excluding carboxylic acids is 1. The maximum atomic E-state index is 11.9. The first kappa shape index (κ1) is 14.4. The zero-order valence-corrected chi connectivity index (χ0v) is 13.5. The summed E-state index contributed by atoms with van der Waals surface area (Å²) in [6, 6.07) is 0. The van der Waals surface area contributed by atoms with Gasteiger partial charge >= 0.3 is 5.97 Å². The third-order valence-electron chi connectivity index (χ3n) is 7.38. The van der Waals surface area contributed by atoms with E-state index in [0.717, 1.165) is 41.9 Å². The Morgan fingerprint density at radius 3 is 2.59 bits per heavy atom. The van der Waals surface area contributed by atoms with E-state index in [1.807, 2.05) is 0 Å². The molecule has 0 aromatic carbocycles. The molecule has 8 atom stereocenters. The highest BCUT2D eigenvalue weighted by molar-refractivity contribution is 5.92. The van der Waals surface area contributed by atoms with Gasteiger partial charge in [0.2, 0.25) is 0 Å². The Balaban J connectivity index is 1.48.